The van der Waals surface area contributed by atoms with E-state index >= 15 is 4.39 Å². The van der Waals surface area contributed by atoms with Gasteiger partial charge in [0.15, 0.2) is 0 Å². The number of thioether (sulfide) groups is 1. The van der Waals surface area contributed by atoms with Crippen molar-refractivity contribution in [1.29, 1.82) is 0 Å². The van der Waals surface area contributed by atoms with Crippen LogP contribution in [0.1, 0.15) is 31.0 Å². The van der Waals surface area contributed by atoms with E-state index in [-0.39, 0.29) is 18.3 Å². The van der Waals surface area contributed by atoms with Crippen molar-refractivity contribution in [3.05, 3.63) is 66.1 Å². The van der Waals surface area contributed by atoms with Crippen LogP contribution in [0.3, 0.4) is 0 Å². The van der Waals surface area contributed by atoms with Gasteiger partial charge in [-0.25, -0.2) is 8.78 Å². The maximum atomic E-state index is 15.3. The van der Waals surface area contributed by atoms with Crippen molar-refractivity contribution in [3.8, 4) is 5.75 Å². The van der Waals surface area contributed by atoms with Crippen molar-refractivity contribution in [1.82, 2.24) is 9.88 Å². The quantitative estimate of drug-likeness (QED) is 0.362. The molecule has 3 aromatic rings. The van der Waals surface area contributed by atoms with Crippen molar-refractivity contribution >= 4 is 22.7 Å². The summed E-state index contributed by atoms with van der Waals surface area (Å²) in [5.41, 5.74) is 1.41. The van der Waals surface area contributed by atoms with E-state index in [1.807, 2.05) is 24.3 Å². The number of rotatable bonds is 10. The lowest BCUT2D eigenvalue weighted by Gasteiger charge is -2.38. The molecule has 3 atom stereocenters. The molecular formula is C27H32F2N2O2S. The Balaban J connectivity index is 1.30. The molecule has 1 aliphatic rings. The summed E-state index contributed by atoms with van der Waals surface area (Å²) in [5.74, 6) is 1.74. The normalized spacial score (nSPS) is 19.9. The van der Waals surface area contributed by atoms with Gasteiger partial charge in [0, 0.05) is 41.9 Å². The minimum absolute atomic E-state index is 0.105. The summed E-state index contributed by atoms with van der Waals surface area (Å²) in [5, 5.41) is 10.8. The van der Waals surface area contributed by atoms with E-state index in [2.05, 4.69) is 9.88 Å². The van der Waals surface area contributed by atoms with Crippen LogP contribution >= 0.6 is 11.8 Å². The fraction of sp³-hybridized carbons (Fsp3) is 0.444. The van der Waals surface area contributed by atoms with E-state index < -0.39 is 6.17 Å². The highest BCUT2D eigenvalue weighted by Gasteiger charge is 2.29. The smallest absolute Gasteiger partial charge is 0.136 e. The third-order valence-electron chi connectivity index (χ3n) is 6.82. The molecule has 2 aromatic carbocycles. The number of piperidine rings is 1. The van der Waals surface area contributed by atoms with E-state index in [1.54, 1.807) is 31.5 Å². The molecule has 0 spiro atoms. The first-order valence-corrected chi connectivity index (χ1v) is 12.8. The third kappa shape index (κ3) is 6.06. The van der Waals surface area contributed by atoms with Crippen LogP contribution in [0.2, 0.25) is 0 Å². The summed E-state index contributed by atoms with van der Waals surface area (Å²) in [6, 6.07) is 14.1. The van der Waals surface area contributed by atoms with Crippen molar-refractivity contribution in [2.45, 2.75) is 30.3 Å². The number of halogens is 2. The first kappa shape index (κ1) is 24.9. The van der Waals surface area contributed by atoms with Gasteiger partial charge < -0.3 is 14.7 Å². The number of aromatic nitrogens is 1. The molecule has 1 saturated heterocycles. The highest BCUT2D eigenvalue weighted by molar-refractivity contribution is 7.99. The van der Waals surface area contributed by atoms with Gasteiger partial charge in [-0.1, -0.05) is 12.1 Å². The first-order valence-electron chi connectivity index (χ1n) is 11.9. The summed E-state index contributed by atoms with van der Waals surface area (Å²) >= 11 is 1.52. The summed E-state index contributed by atoms with van der Waals surface area (Å²) in [4.78, 5) is 7.36. The van der Waals surface area contributed by atoms with Crippen LogP contribution in [0.15, 0.2) is 59.6 Å². The Labute approximate surface area is 204 Å². The second kappa shape index (κ2) is 12.0. The highest BCUT2D eigenvalue weighted by atomic mass is 32.2. The van der Waals surface area contributed by atoms with Gasteiger partial charge in [-0.05, 0) is 79.6 Å². The number of methoxy groups -OCH3 is 1. The molecule has 4 rings (SSSR count). The second-order valence-corrected chi connectivity index (χ2v) is 10.0. The molecule has 182 valence electrons. The molecule has 1 N–H and O–H groups in total. The zero-order chi connectivity index (χ0) is 23.9. The third-order valence-corrected chi connectivity index (χ3v) is 7.85. The molecule has 7 heteroatoms. The molecule has 0 bridgehead atoms. The number of fused-ring (bicyclic) bond motifs is 1. The number of hydrogen-bond donors (Lipinski definition) is 1. The van der Waals surface area contributed by atoms with Gasteiger partial charge in [0.2, 0.25) is 0 Å². The number of nitrogens with zero attached hydrogens (tertiary/aromatic N) is 2. The van der Waals surface area contributed by atoms with E-state index in [0.717, 1.165) is 49.1 Å². The maximum Gasteiger partial charge on any atom is 0.136 e. The molecule has 2 heterocycles. The maximum absolute atomic E-state index is 15.3. The topological polar surface area (TPSA) is 45.6 Å². The summed E-state index contributed by atoms with van der Waals surface area (Å²) in [6.45, 7) is 2.67. The molecule has 4 nitrogen and oxygen atoms in total. The Bertz CT molecular complexity index is 1080. The molecular weight excluding hydrogens is 454 g/mol. The van der Waals surface area contributed by atoms with Crippen molar-refractivity contribution in [2.24, 2.45) is 11.8 Å². The number of aliphatic hydroxyl groups is 1. The summed E-state index contributed by atoms with van der Waals surface area (Å²) < 4.78 is 34.5. The van der Waals surface area contributed by atoms with E-state index in [4.69, 9.17) is 4.74 Å². The molecule has 1 aliphatic heterocycles. The SMILES string of the molecule is COc1ccc2nccc([C@@H](F)CC[C@@H]3CCN(CCSc4ccccc4F)C[C@@H]3CO)c2c1. The van der Waals surface area contributed by atoms with Gasteiger partial charge in [0.1, 0.15) is 17.7 Å². The molecule has 0 unspecified atom stereocenters. The average Bonchev–Trinajstić information content (AvgIpc) is 2.88. The zero-order valence-electron chi connectivity index (χ0n) is 19.5. The van der Waals surface area contributed by atoms with Crippen LogP contribution in [0.25, 0.3) is 10.9 Å². The number of aliphatic hydroxyl groups excluding tert-OH is 1. The van der Waals surface area contributed by atoms with Crippen molar-refractivity contribution < 1.29 is 18.6 Å². The second-order valence-electron chi connectivity index (χ2n) is 8.90. The summed E-state index contributed by atoms with van der Waals surface area (Å²) in [6.07, 6.45) is 2.66. The fourth-order valence-electron chi connectivity index (χ4n) is 4.86. The van der Waals surface area contributed by atoms with E-state index in [0.29, 0.717) is 28.5 Å². The van der Waals surface area contributed by atoms with Gasteiger partial charge in [0.25, 0.3) is 0 Å². The van der Waals surface area contributed by atoms with Crippen LogP contribution in [-0.4, -0.2) is 54.1 Å². The van der Waals surface area contributed by atoms with Crippen LogP contribution < -0.4 is 4.74 Å². The Hall–Kier alpha value is -2.22. The highest BCUT2D eigenvalue weighted by Crippen LogP contribution is 2.35. The average molecular weight is 487 g/mol. The van der Waals surface area contributed by atoms with Gasteiger partial charge in [-0.15, -0.1) is 11.8 Å². The van der Waals surface area contributed by atoms with E-state index in [1.165, 1.54) is 17.8 Å². The molecule has 0 radical (unpaired) electrons. The van der Waals surface area contributed by atoms with Crippen molar-refractivity contribution in [3.63, 3.8) is 0 Å². The monoisotopic (exact) mass is 486 g/mol. The number of hydrogen-bond acceptors (Lipinski definition) is 5. The van der Waals surface area contributed by atoms with E-state index in [9.17, 15) is 9.50 Å². The number of alkyl halides is 1. The molecule has 0 amide bonds. The predicted molar refractivity (Wildman–Crippen MR) is 134 cm³/mol. The van der Waals surface area contributed by atoms with Gasteiger partial charge in [-0.3, -0.25) is 4.98 Å². The first-order chi connectivity index (χ1) is 16.6. The Kier molecular flexibility index (Phi) is 8.75. The zero-order valence-corrected chi connectivity index (χ0v) is 20.3. The lowest BCUT2D eigenvalue weighted by Crippen LogP contribution is -2.43. The van der Waals surface area contributed by atoms with Crippen LogP contribution in [0, 0.1) is 17.7 Å². The number of likely N-dealkylation sites (tertiary alicyclic amines) is 1. The van der Waals surface area contributed by atoms with Crippen LogP contribution in [0.4, 0.5) is 8.78 Å². The minimum Gasteiger partial charge on any atom is -0.497 e. The van der Waals surface area contributed by atoms with Crippen LogP contribution in [0.5, 0.6) is 5.75 Å². The molecule has 0 saturated carbocycles. The lowest BCUT2D eigenvalue weighted by atomic mass is 9.81. The number of ether oxygens (including phenoxy) is 1. The van der Waals surface area contributed by atoms with Gasteiger partial charge in [0.05, 0.1) is 12.6 Å². The molecule has 34 heavy (non-hydrogen) atoms. The number of pyridine rings is 1. The molecule has 1 fully saturated rings. The van der Waals surface area contributed by atoms with Crippen LogP contribution in [-0.2, 0) is 0 Å². The lowest BCUT2D eigenvalue weighted by molar-refractivity contribution is 0.0672. The minimum atomic E-state index is -1.09. The Morgan fingerprint density at radius 3 is 2.85 bits per heavy atom. The fourth-order valence-corrected chi connectivity index (χ4v) is 5.81. The Morgan fingerprint density at radius 2 is 2.06 bits per heavy atom. The molecule has 1 aromatic heterocycles. The Morgan fingerprint density at radius 1 is 1.21 bits per heavy atom. The van der Waals surface area contributed by atoms with Gasteiger partial charge >= 0.3 is 0 Å². The standard InChI is InChI=1S/C27H32F2N2O2S/c1-33-21-7-9-26-23(16-21)22(10-12-30-26)24(28)8-6-19-11-13-31(17-20(19)18-32)14-15-34-27-5-3-2-4-25(27)29/h2-5,7,9-10,12,16,19-20,24,32H,6,8,11,13-15,17-18H2,1H3/t19-,20-,24+/m1/s1. The predicted octanol–water partition coefficient (Wildman–Crippen LogP) is 5.90. The molecule has 0 aliphatic carbocycles. The largest absolute Gasteiger partial charge is 0.497 e. The van der Waals surface area contributed by atoms with Crippen molar-refractivity contribution in [2.75, 3.05) is 39.1 Å². The van der Waals surface area contributed by atoms with Gasteiger partial charge in [-0.2, -0.15) is 0 Å². The summed E-state index contributed by atoms with van der Waals surface area (Å²) in [7, 11) is 1.60. The number of benzene rings is 2.